The van der Waals surface area contributed by atoms with E-state index in [0.717, 1.165) is 17.2 Å². The topological polar surface area (TPSA) is 74.2 Å². The van der Waals surface area contributed by atoms with Crippen LogP contribution in [-0.2, 0) is 23.8 Å². The van der Waals surface area contributed by atoms with Crippen molar-refractivity contribution in [2.45, 2.75) is 43.9 Å². The van der Waals surface area contributed by atoms with Gasteiger partial charge in [-0.25, -0.2) is 0 Å². The fraction of sp³-hybridized carbons (Fsp3) is 0.345. The minimum absolute atomic E-state index is 0.0222. The predicted octanol–water partition coefficient (Wildman–Crippen LogP) is 6.33. The predicted molar refractivity (Wildman–Crippen MR) is 132 cm³/mol. The lowest BCUT2D eigenvalue weighted by Gasteiger charge is -2.20. The molecule has 0 unspecified atom stereocenters. The van der Waals surface area contributed by atoms with Gasteiger partial charge in [0.15, 0.2) is 0 Å². The molecule has 0 radical (unpaired) electrons. The number of methoxy groups -OCH3 is 2. The number of carboxylic acid groups (broad SMARTS) is 1. The van der Waals surface area contributed by atoms with Crippen molar-refractivity contribution in [1.82, 2.24) is 0 Å². The summed E-state index contributed by atoms with van der Waals surface area (Å²) >= 11 is 0. The molecule has 200 valence electrons. The molecule has 0 saturated carbocycles. The van der Waals surface area contributed by atoms with E-state index in [4.69, 9.17) is 24.1 Å². The molecule has 0 fully saturated rings. The summed E-state index contributed by atoms with van der Waals surface area (Å²) in [4.78, 5) is 11.1. The number of hydrogen-bond donors (Lipinski definition) is 1. The molecule has 2 aliphatic rings. The Hall–Kier alpha value is -3.88. The van der Waals surface area contributed by atoms with E-state index >= 15 is 0 Å². The van der Waals surface area contributed by atoms with Crippen LogP contribution in [0.1, 0.15) is 58.2 Å². The van der Waals surface area contributed by atoms with Gasteiger partial charge in [0, 0.05) is 29.5 Å². The molecule has 38 heavy (non-hydrogen) atoms. The van der Waals surface area contributed by atoms with Crippen LogP contribution in [0.15, 0.2) is 48.5 Å². The van der Waals surface area contributed by atoms with Crippen LogP contribution in [0.2, 0.25) is 0 Å². The standard InChI is InChI=1S/C29H27F3O6/c1-35-18-4-9-25(36-2)16(11-18)12-23-21-7-10-26(22(21)6-8-24(23)29(30,31)32)38-19-3-5-20-17(13-28(33)34)15-37-27(20)14-19/h3-6,8-9,11,14,17,26H,7,10,12-13,15H2,1-2H3,(H,33,34)/t17-,26-/m1/s1. The van der Waals surface area contributed by atoms with E-state index in [2.05, 4.69) is 0 Å². The number of hydrogen-bond acceptors (Lipinski definition) is 5. The maximum absolute atomic E-state index is 14.1. The van der Waals surface area contributed by atoms with Crippen molar-refractivity contribution in [1.29, 1.82) is 0 Å². The number of benzene rings is 3. The largest absolute Gasteiger partial charge is 0.497 e. The monoisotopic (exact) mass is 528 g/mol. The Morgan fingerprint density at radius 3 is 2.50 bits per heavy atom. The number of alkyl halides is 3. The van der Waals surface area contributed by atoms with Crippen LogP contribution in [0.3, 0.4) is 0 Å². The van der Waals surface area contributed by atoms with Crippen LogP contribution in [0, 0.1) is 0 Å². The summed E-state index contributed by atoms with van der Waals surface area (Å²) in [6.07, 6.45) is -3.97. The molecule has 1 N–H and O–H groups in total. The SMILES string of the molecule is COc1ccc(OC)c(Cc2c(C(F)(F)F)ccc3c2CC[C@H]3Oc2ccc3c(c2)OC[C@H]3CC(=O)O)c1. The maximum Gasteiger partial charge on any atom is 0.416 e. The van der Waals surface area contributed by atoms with Gasteiger partial charge in [0.25, 0.3) is 0 Å². The zero-order chi connectivity index (χ0) is 27.0. The highest BCUT2D eigenvalue weighted by atomic mass is 19.4. The second kappa shape index (κ2) is 10.1. The van der Waals surface area contributed by atoms with E-state index in [1.807, 2.05) is 0 Å². The van der Waals surface area contributed by atoms with Gasteiger partial charge >= 0.3 is 12.1 Å². The van der Waals surface area contributed by atoms with Gasteiger partial charge in [-0.1, -0.05) is 12.1 Å². The Labute approximate surface area is 217 Å². The summed E-state index contributed by atoms with van der Waals surface area (Å²) in [6, 6.07) is 13.0. The van der Waals surface area contributed by atoms with Gasteiger partial charge in [-0.2, -0.15) is 13.2 Å². The number of rotatable bonds is 8. The summed E-state index contributed by atoms with van der Waals surface area (Å²) < 4.78 is 64.9. The molecule has 0 bridgehead atoms. The quantitative estimate of drug-likeness (QED) is 0.368. The first kappa shape index (κ1) is 25.8. The molecule has 3 aromatic carbocycles. The summed E-state index contributed by atoms with van der Waals surface area (Å²) in [5.74, 6) is 1.00. The summed E-state index contributed by atoms with van der Waals surface area (Å²) in [5, 5.41) is 9.11. The second-order valence-corrected chi connectivity index (χ2v) is 9.46. The first-order valence-electron chi connectivity index (χ1n) is 12.3. The van der Waals surface area contributed by atoms with E-state index in [1.54, 1.807) is 36.4 Å². The van der Waals surface area contributed by atoms with Crippen molar-refractivity contribution in [3.05, 3.63) is 81.9 Å². The van der Waals surface area contributed by atoms with Crippen molar-refractivity contribution < 1.29 is 42.0 Å². The minimum atomic E-state index is -4.51. The van der Waals surface area contributed by atoms with Gasteiger partial charge in [0.2, 0.25) is 0 Å². The smallest absolute Gasteiger partial charge is 0.416 e. The molecule has 3 aromatic rings. The molecule has 5 rings (SSSR count). The molecule has 0 aromatic heterocycles. The van der Waals surface area contributed by atoms with Crippen LogP contribution in [-0.4, -0.2) is 31.9 Å². The number of ether oxygens (including phenoxy) is 4. The fourth-order valence-electron chi connectivity index (χ4n) is 5.41. The van der Waals surface area contributed by atoms with Gasteiger partial charge in [0.1, 0.15) is 29.1 Å². The van der Waals surface area contributed by atoms with Gasteiger partial charge in [0.05, 0.1) is 32.8 Å². The van der Waals surface area contributed by atoms with Gasteiger partial charge in [-0.3, -0.25) is 4.79 Å². The second-order valence-electron chi connectivity index (χ2n) is 9.46. The minimum Gasteiger partial charge on any atom is -0.497 e. The lowest BCUT2D eigenvalue weighted by molar-refractivity contribution is -0.138. The number of aliphatic carboxylic acids is 1. The number of fused-ring (bicyclic) bond motifs is 2. The van der Waals surface area contributed by atoms with E-state index in [1.165, 1.54) is 20.3 Å². The zero-order valence-corrected chi connectivity index (χ0v) is 20.9. The fourth-order valence-corrected chi connectivity index (χ4v) is 5.41. The van der Waals surface area contributed by atoms with E-state index < -0.39 is 23.8 Å². The van der Waals surface area contributed by atoms with Crippen molar-refractivity contribution in [3.8, 4) is 23.0 Å². The molecule has 0 saturated heterocycles. The highest BCUT2D eigenvalue weighted by Crippen LogP contribution is 2.45. The van der Waals surface area contributed by atoms with Crippen molar-refractivity contribution in [3.63, 3.8) is 0 Å². The third-order valence-corrected chi connectivity index (χ3v) is 7.20. The number of halogens is 3. The van der Waals surface area contributed by atoms with Crippen molar-refractivity contribution in [2.24, 2.45) is 0 Å². The molecule has 1 aliphatic heterocycles. The van der Waals surface area contributed by atoms with Crippen LogP contribution in [0.4, 0.5) is 13.2 Å². The Bertz CT molecular complexity index is 1370. The summed E-state index contributed by atoms with van der Waals surface area (Å²) in [6.45, 7) is 0.286. The molecule has 1 aliphatic carbocycles. The molecular weight excluding hydrogens is 501 g/mol. The molecular formula is C29H27F3O6. The summed E-state index contributed by atoms with van der Waals surface area (Å²) in [5.41, 5.74) is 2.31. The Morgan fingerprint density at radius 2 is 1.79 bits per heavy atom. The Balaban J connectivity index is 1.46. The first-order valence-corrected chi connectivity index (χ1v) is 12.3. The zero-order valence-electron chi connectivity index (χ0n) is 20.9. The molecule has 0 amide bonds. The lowest BCUT2D eigenvalue weighted by atomic mass is 9.91. The van der Waals surface area contributed by atoms with E-state index in [9.17, 15) is 18.0 Å². The highest BCUT2D eigenvalue weighted by Gasteiger charge is 2.38. The number of carbonyl (C=O) groups is 1. The Morgan fingerprint density at radius 1 is 1.03 bits per heavy atom. The number of carboxylic acids is 1. The van der Waals surface area contributed by atoms with E-state index in [0.29, 0.717) is 47.0 Å². The normalized spacial score (nSPS) is 17.9. The average molecular weight is 529 g/mol. The van der Waals surface area contributed by atoms with Crippen molar-refractivity contribution in [2.75, 3.05) is 20.8 Å². The van der Waals surface area contributed by atoms with Gasteiger partial charge < -0.3 is 24.1 Å². The molecule has 2 atom stereocenters. The van der Waals surface area contributed by atoms with Gasteiger partial charge in [-0.15, -0.1) is 0 Å². The average Bonchev–Trinajstić information content (AvgIpc) is 3.47. The van der Waals surface area contributed by atoms with Crippen LogP contribution < -0.4 is 18.9 Å². The maximum atomic E-state index is 14.1. The van der Waals surface area contributed by atoms with E-state index in [-0.39, 0.29) is 30.9 Å². The molecule has 1 heterocycles. The van der Waals surface area contributed by atoms with Crippen LogP contribution in [0.5, 0.6) is 23.0 Å². The lowest BCUT2D eigenvalue weighted by Crippen LogP contribution is -2.13. The Kier molecular flexibility index (Phi) is 6.86. The third-order valence-electron chi connectivity index (χ3n) is 7.20. The van der Waals surface area contributed by atoms with Crippen molar-refractivity contribution >= 4 is 5.97 Å². The highest BCUT2D eigenvalue weighted by molar-refractivity contribution is 5.69. The molecule has 0 spiro atoms. The van der Waals surface area contributed by atoms with Gasteiger partial charge in [-0.05, 0) is 59.9 Å². The van der Waals surface area contributed by atoms with Crippen LogP contribution >= 0.6 is 0 Å². The first-order chi connectivity index (χ1) is 18.2. The molecule has 6 nitrogen and oxygen atoms in total. The van der Waals surface area contributed by atoms with Crippen LogP contribution in [0.25, 0.3) is 0 Å². The summed E-state index contributed by atoms with van der Waals surface area (Å²) in [7, 11) is 2.99. The third kappa shape index (κ3) is 4.97. The molecule has 9 heteroatoms.